The number of nitrogens with zero attached hydrogens (tertiary/aromatic N) is 5. The van der Waals surface area contributed by atoms with Gasteiger partial charge in [-0.1, -0.05) is 46.8 Å². The number of hydrogen-bond donors (Lipinski definition) is 4. The van der Waals surface area contributed by atoms with Gasteiger partial charge in [0.05, 0.1) is 43.9 Å². The normalized spacial score (nSPS) is 19.8. The Labute approximate surface area is 417 Å². The topological polar surface area (TPSA) is 197 Å². The van der Waals surface area contributed by atoms with Crippen LogP contribution in [0.15, 0.2) is 54.7 Å². The highest BCUT2D eigenvalue weighted by atomic mass is 16.5. The Balaban J connectivity index is 1.22. The molecule has 3 aliphatic heterocycles. The van der Waals surface area contributed by atoms with Crippen LogP contribution < -0.4 is 16.1 Å². The smallest absolute Gasteiger partial charge is 0.324 e. The zero-order chi connectivity index (χ0) is 51.4. The van der Waals surface area contributed by atoms with Gasteiger partial charge in [0.1, 0.15) is 23.9 Å². The monoisotopic (exact) mass is 979 g/mol. The molecular formula is C54H74N8O9. The van der Waals surface area contributed by atoms with Crippen molar-refractivity contribution >= 4 is 40.5 Å². The lowest BCUT2D eigenvalue weighted by atomic mass is 9.84. The summed E-state index contributed by atoms with van der Waals surface area (Å²) in [6, 6.07) is 12.4. The molecule has 0 spiro atoms. The van der Waals surface area contributed by atoms with Crippen LogP contribution in [0.25, 0.3) is 33.3 Å². The third-order valence-corrected chi connectivity index (χ3v) is 14.2. The van der Waals surface area contributed by atoms with Gasteiger partial charge in [-0.05, 0) is 97.7 Å². The molecule has 4 N–H and O–H groups in total. The minimum atomic E-state index is -1.19. The van der Waals surface area contributed by atoms with Crippen molar-refractivity contribution in [3.63, 3.8) is 0 Å². The number of hydrazine groups is 1. The zero-order valence-electron chi connectivity index (χ0n) is 43.2. The van der Waals surface area contributed by atoms with E-state index in [0.29, 0.717) is 56.7 Å². The Morgan fingerprint density at radius 1 is 1.01 bits per heavy atom. The number of carbonyl (C=O) groups is 5. The molecule has 5 heterocycles. The minimum Gasteiger partial charge on any atom is -0.508 e. The number of fused-ring (bicyclic) bond motifs is 6. The zero-order valence-corrected chi connectivity index (χ0v) is 43.2. The van der Waals surface area contributed by atoms with Gasteiger partial charge in [0.2, 0.25) is 17.7 Å². The lowest BCUT2D eigenvalue weighted by Gasteiger charge is -2.38. The van der Waals surface area contributed by atoms with Crippen LogP contribution in [0, 0.1) is 16.7 Å². The first kappa shape index (κ1) is 52.9. The largest absolute Gasteiger partial charge is 0.508 e. The maximum Gasteiger partial charge on any atom is 0.324 e. The summed E-state index contributed by atoms with van der Waals surface area (Å²) >= 11 is 0. The summed E-state index contributed by atoms with van der Waals surface area (Å²) < 4.78 is 19.5. The SMILES string of the molecule is CCn1c(-c2cccnc2[C@H](C)OC)c2c3cc(ccc31)-c1cc(O)cc(c1)C[C@H](NC(=O)[C@H](C(C)C)N(C)C(=O)CN(C)C(=O)CCNCC1(C)COC1)C(=O)N1CCC[C@H](N1)C(=O)OCC(C)(C)C2. The van der Waals surface area contributed by atoms with E-state index >= 15 is 0 Å². The van der Waals surface area contributed by atoms with Gasteiger partial charge in [-0.3, -0.25) is 34.0 Å². The Hall–Kier alpha value is -5.88. The number of amides is 4. The predicted molar refractivity (Wildman–Crippen MR) is 271 cm³/mol. The van der Waals surface area contributed by atoms with Crippen molar-refractivity contribution in [3.8, 4) is 28.1 Å². The molecular weight excluding hydrogens is 905 g/mol. The number of aromatic nitrogens is 2. The van der Waals surface area contributed by atoms with Gasteiger partial charge in [0.25, 0.3) is 5.91 Å². The predicted octanol–water partition coefficient (Wildman–Crippen LogP) is 5.41. The number of aryl methyl sites for hydroxylation is 1. The molecule has 0 saturated carbocycles. The summed E-state index contributed by atoms with van der Waals surface area (Å²) in [7, 11) is 4.76. The van der Waals surface area contributed by atoms with Crippen molar-refractivity contribution in [2.24, 2.45) is 16.7 Å². The van der Waals surface area contributed by atoms with E-state index in [1.54, 1.807) is 32.5 Å². The van der Waals surface area contributed by atoms with Crippen molar-refractivity contribution in [1.82, 2.24) is 40.4 Å². The highest BCUT2D eigenvalue weighted by molar-refractivity contribution is 5.96. The van der Waals surface area contributed by atoms with Crippen LogP contribution in [0.1, 0.15) is 90.7 Å². The molecule has 2 aromatic heterocycles. The molecule has 4 atom stereocenters. The van der Waals surface area contributed by atoms with E-state index in [9.17, 15) is 29.1 Å². The van der Waals surface area contributed by atoms with Crippen molar-refractivity contribution in [2.75, 3.05) is 67.2 Å². The molecule has 2 saturated heterocycles. The van der Waals surface area contributed by atoms with Crippen LogP contribution in [0.5, 0.6) is 5.75 Å². The molecule has 17 nitrogen and oxygen atoms in total. The molecule has 2 fully saturated rings. The van der Waals surface area contributed by atoms with Gasteiger partial charge >= 0.3 is 5.97 Å². The molecule has 2 aromatic carbocycles. The van der Waals surface area contributed by atoms with Crippen molar-refractivity contribution in [1.29, 1.82) is 0 Å². The first-order chi connectivity index (χ1) is 33.7. The summed E-state index contributed by atoms with van der Waals surface area (Å²) in [6.07, 6.45) is 3.11. The van der Waals surface area contributed by atoms with Gasteiger partial charge in [-0.25, -0.2) is 5.43 Å². The fraction of sp³-hybridized carbons (Fsp3) is 0.556. The maximum absolute atomic E-state index is 14.8. The van der Waals surface area contributed by atoms with Crippen LogP contribution in [0.2, 0.25) is 0 Å². The number of rotatable bonds is 15. The highest BCUT2D eigenvalue weighted by Gasteiger charge is 2.38. The molecule has 384 valence electrons. The number of cyclic esters (lactones) is 1. The lowest BCUT2D eigenvalue weighted by molar-refractivity contribution is -0.155. The Bertz CT molecular complexity index is 2610. The van der Waals surface area contributed by atoms with Crippen molar-refractivity contribution < 1.29 is 43.3 Å². The highest BCUT2D eigenvalue weighted by Crippen LogP contribution is 2.42. The summed E-state index contributed by atoms with van der Waals surface area (Å²) in [5.41, 5.74) is 9.53. The number of carbonyl (C=O) groups excluding carboxylic acids is 5. The lowest BCUT2D eigenvalue weighted by Crippen LogP contribution is -2.62. The van der Waals surface area contributed by atoms with Gasteiger partial charge < -0.3 is 44.3 Å². The van der Waals surface area contributed by atoms with Crippen LogP contribution in [-0.2, 0) is 57.6 Å². The molecule has 71 heavy (non-hydrogen) atoms. The Morgan fingerprint density at radius 2 is 1.77 bits per heavy atom. The second kappa shape index (κ2) is 22.3. The summed E-state index contributed by atoms with van der Waals surface area (Å²) in [4.78, 5) is 77.7. The second-order valence-electron chi connectivity index (χ2n) is 21.2. The van der Waals surface area contributed by atoms with Crippen molar-refractivity contribution in [2.45, 2.75) is 111 Å². The van der Waals surface area contributed by atoms with E-state index in [1.807, 2.05) is 39.0 Å². The maximum atomic E-state index is 14.8. The average molecular weight is 979 g/mol. The number of phenolic OH excluding ortho intramolecular Hbond substituents is 1. The first-order valence-corrected chi connectivity index (χ1v) is 25.0. The molecule has 0 radical (unpaired) electrons. The van der Waals surface area contributed by atoms with Crippen molar-refractivity contribution in [3.05, 3.63) is 71.5 Å². The number of likely N-dealkylation sites (N-methyl/N-ethyl adjacent to an activating group) is 2. The molecule has 0 aliphatic carbocycles. The molecule has 3 aliphatic rings. The van der Waals surface area contributed by atoms with Gasteiger partial charge in [-0.15, -0.1) is 0 Å². The fourth-order valence-corrected chi connectivity index (χ4v) is 10.1. The summed E-state index contributed by atoms with van der Waals surface area (Å²) in [5.74, 6) is -2.61. The number of methoxy groups -OCH3 is 1. The third-order valence-electron chi connectivity index (χ3n) is 14.2. The molecule has 0 unspecified atom stereocenters. The number of hydrogen-bond acceptors (Lipinski definition) is 12. The number of phenols is 1. The Kier molecular flexibility index (Phi) is 16.6. The molecule has 7 rings (SSSR count). The summed E-state index contributed by atoms with van der Waals surface area (Å²) in [5, 5.41) is 20.0. The van der Waals surface area contributed by atoms with E-state index in [4.69, 9.17) is 19.2 Å². The van der Waals surface area contributed by atoms with Crippen LogP contribution >= 0.6 is 0 Å². The quantitative estimate of drug-likeness (QED) is 0.0875. The van der Waals surface area contributed by atoms with Gasteiger partial charge in [0, 0.05) is 93.7 Å². The van der Waals surface area contributed by atoms with E-state index in [2.05, 4.69) is 66.5 Å². The Morgan fingerprint density at radius 3 is 2.46 bits per heavy atom. The van der Waals surface area contributed by atoms with E-state index in [-0.39, 0.29) is 61.6 Å². The number of pyridine rings is 1. The van der Waals surface area contributed by atoms with E-state index in [1.165, 1.54) is 21.9 Å². The standard InChI is InChI=1S/C54H74N8O9/c1-11-61-44-17-16-36-26-40(44)41(49(61)39-14-12-19-56-47(39)34(4)69-10)27-53(5,6)30-71-52(68)42-15-13-21-62(58-42)51(67)43(24-35-22-37(36)25-38(63)23-35)57-50(66)48(33(2)3)60(9)46(65)28-59(8)45(64)18-20-55-29-54(7)31-70-32-54/h12,14,16-17,19,22-23,25-26,33-34,42-43,48,55,58,63H,11,13,15,18,20-21,24,27-32H2,1-10H3,(H,57,66)/t34-,42-,43-,48-/m0/s1. The van der Waals surface area contributed by atoms with Crippen LogP contribution in [0.3, 0.4) is 0 Å². The fourth-order valence-electron chi connectivity index (χ4n) is 10.1. The average Bonchev–Trinajstić information content (AvgIpc) is 3.63. The number of aromatic hydroxyl groups is 1. The van der Waals surface area contributed by atoms with E-state index in [0.717, 1.165) is 45.5 Å². The summed E-state index contributed by atoms with van der Waals surface area (Å²) in [6.45, 7) is 17.3. The molecule has 4 aromatic rings. The molecule has 17 heteroatoms. The third kappa shape index (κ3) is 12.1. The minimum absolute atomic E-state index is 0.0211. The first-order valence-electron chi connectivity index (χ1n) is 25.0. The number of ether oxygens (including phenoxy) is 3. The molecule has 6 bridgehead atoms. The van der Waals surface area contributed by atoms with Crippen LogP contribution in [0.4, 0.5) is 0 Å². The number of benzene rings is 2. The molecule has 4 amide bonds. The second-order valence-corrected chi connectivity index (χ2v) is 21.2. The number of esters is 1. The number of nitrogens with one attached hydrogen (secondary N) is 3. The van der Waals surface area contributed by atoms with Gasteiger partial charge in [0.15, 0.2) is 0 Å². The van der Waals surface area contributed by atoms with Crippen LogP contribution in [-0.4, -0.2) is 144 Å². The van der Waals surface area contributed by atoms with E-state index < -0.39 is 47.2 Å². The van der Waals surface area contributed by atoms with Gasteiger partial charge in [-0.2, -0.15) is 0 Å².